The van der Waals surface area contributed by atoms with Crippen LogP contribution < -0.4 is 5.32 Å². The summed E-state index contributed by atoms with van der Waals surface area (Å²) in [5.74, 6) is 1.36. The molecule has 3 rings (SSSR count). The number of rotatable bonds is 7. The third-order valence-corrected chi connectivity index (χ3v) is 3.91. The molecule has 0 saturated carbocycles. The first kappa shape index (κ1) is 17.2. The Hall–Kier alpha value is -2.66. The molecule has 0 bridgehead atoms. The Morgan fingerprint density at radius 2 is 1.84 bits per heavy atom. The Morgan fingerprint density at radius 3 is 2.64 bits per heavy atom. The molecule has 25 heavy (non-hydrogen) atoms. The summed E-state index contributed by atoms with van der Waals surface area (Å²) in [6.45, 7) is 0. The zero-order valence-corrected chi connectivity index (χ0v) is 14.4. The van der Waals surface area contributed by atoms with Crippen LogP contribution in [0.4, 0.5) is 5.69 Å². The predicted octanol–water partition coefficient (Wildman–Crippen LogP) is 4.28. The van der Waals surface area contributed by atoms with Crippen LogP contribution in [-0.2, 0) is 11.2 Å². The molecular weight excluding hydrogens is 338 g/mol. The third kappa shape index (κ3) is 4.67. The third-order valence-electron chi connectivity index (χ3n) is 3.64. The highest BCUT2D eigenvalue weighted by Crippen LogP contribution is 2.27. The van der Waals surface area contributed by atoms with Gasteiger partial charge in [0, 0.05) is 18.7 Å². The highest BCUT2D eigenvalue weighted by Gasteiger charge is 2.14. The summed E-state index contributed by atoms with van der Waals surface area (Å²) in [6.07, 6.45) is 1.60. The minimum Gasteiger partial charge on any atom is -0.334 e. The number of anilines is 1. The number of nitrogens with zero attached hydrogens (tertiary/aromatic N) is 2. The van der Waals surface area contributed by atoms with Gasteiger partial charge in [0.2, 0.25) is 5.91 Å². The molecule has 0 saturated heterocycles. The number of hydrogen-bond acceptors (Lipinski definition) is 4. The van der Waals surface area contributed by atoms with Crippen molar-refractivity contribution in [2.45, 2.75) is 19.3 Å². The van der Waals surface area contributed by atoms with Gasteiger partial charge in [-0.3, -0.25) is 4.79 Å². The van der Waals surface area contributed by atoms with Crippen LogP contribution in [0.15, 0.2) is 59.1 Å². The smallest absolute Gasteiger partial charge is 0.260 e. The zero-order chi connectivity index (χ0) is 17.5. The first-order valence-electron chi connectivity index (χ1n) is 8.08. The molecule has 2 aromatic carbocycles. The molecule has 6 heteroatoms. The van der Waals surface area contributed by atoms with Crippen molar-refractivity contribution < 1.29 is 9.32 Å². The Morgan fingerprint density at radius 1 is 1.08 bits per heavy atom. The van der Waals surface area contributed by atoms with Crippen molar-refractivity contribution in [3.8, 4) is 11.5 Å². The van der Waals surface area contributed by atoms with Gasteiger partial charge < -0.3 is 9.84 Å². The largest absolute Gasteiger partial charge is 0.334 e. The number of alkyl halides is 1. The second-order valence-corrected chi connectivity index (χ2v) is 5.94. The van der Waals surface area contributed by atoms with E-state index in [2.05, 4.69) is 15.5 Å². The molecule has 3 aromatic rings. The molecule has 0 unspecified atom stereocenters. The van der Waals surface area contributed by atoms with E-state index in [1.54, 1.807) is 0 Å². The minimum absolute atomic E-state index is 0.0860. The number of aromatic nitrogens is 2. The van der Waals surface area contributed by atoms with Gasteiger partial charge in [-0.1, -0.05) is 47.6 Å². The molecular formula is C19H18ClN3O2. The van der Waals surface area contributed by atoms with Crippen LogP contribution in [0.2, 0.25) is 0 Å². The van der Waals surface area contributed by atoms with Crippen LogP contribution in [0, 0.1) is 0 Å². The normalized spacial score (nSPS) is 10.6. The summed E-state index contributed by atoms with van der Waals surface area (Å²) < 4.78 is 5.39. The number of benzene rings is 2. The van der Waals surface area contributed by atoms with E-state index >= 15 is 0 Å². The molecule has 128 valence electrons. The summed E-state index contributed by atoms with van der Waals surface area (Å²) in [5, 5.41) is 6.92. The van der Waals surface area contributed by atoms with Crippen LogP contribution in [-0.4, -0.2) is 21.9 Å². The molecule has 0 spiro atoms. The number of para-hydroxylation sites is 1. The van der Waals surface area contributed by atoms with Gasteiger partial charge in [0.1, 0.15) is 0 Å². The number of carbonyl (C=O) groups excluding carboxylic acids is 1. The molecule has 1 N–H and O–H groups in total. The van der Waals surface area contributed by atoms with Crippen molar-refractivity contribution in [2.75, 3.05) is 11.2 Å². The van der Waals surface area contributed by atoms with Crippen LogP contribution >= 0.6 is 11.6 Å². The van der Waals surface area contributed by atoms with Crippen LogP contribution in [0.3, 0.4) is 0 Å². The van der Waals surface area contributed by atoms with E-state index in [-0.39, 0.29) is 5.91 Å². The van der Waals surface area contributed by atoms with Crippen molar-refractivity contribution in [3.05, 3.63) is 66.0 Å². The van der Waals surface area contributed by atoms with Gasteiger partial charge in [-0.25, -0.2) is 0 Å². The molecule has 0 fully saturated rings. The molecule has 0 aliphatic heterocycles. The topological polar surface area (TPSA) is 68.0 Å². The van der Waals surface area contributed by atoms with Gasteiger partial charge >= 0.3 is 0 Å². The molecule has 5 nitrogen and oxygen atoms in total. The molecule has 1 heterocycles. The quantitative estimate of drug-likeness (QED) is 0.642. The monoisotopic (exact) mass is 355 g/mol. The highest BCUT2D eigenvalue weighted by atomic mass is 35.5. The van der Waals surface area contributed by atoms with E-state index in [0.29, 0.717) is 48.1 Å². The van der Waals surface area contributed by atoms with Gasteiger partial charge in [-0.2, -0.15) is 4.98 Å². The fourth-order valence-electron chi connectivity index (χ4n) is 2.43. The number of carbonyl (C=O) groups is 1. The van der Waals surface area contributed by atoms with E-state index in [1.165, 1.54) is 0 Å². The maximum atomic E-state index is 12.0. The van der Waals surface area contributed by atoms with E-state index in [9.17, 15) is 4.79 Å². The molecule has 0 radical (unpaired) electrons. The lowest BCUT2D eigenvalue weighted by Crippen LogP contribution is -2.12. The lowest BCUT2D eigenvalue weighted by molar-refractivity contribution is -0.116. The number of halogens is 1. The lowest BCUT2D eigenvalue weighted by Gasteiger charge is -2.07. The average Bonchev–Trinajstić information content (AvgIpc) is 3.09. The molecule has 0 atom stereocenters. The van der Waals surface area contributed by atoms with Crippen LogP contribution in [0.1, 0.15) is 24.2 Å². The number of amides is 1. The molecule has 0 aliphatic rings. The first-order valence-corrected chi connectivity index (χ1v) is 8.61. The lowest BCUT2D eigenvalue weighted by atomic mass is 10.1. The fourth-order valence-corrected chi connectivity index (χ4v) is 2.57. The standard InChI is InChI=1S/C19H18ClN3O2/c20-12-6-11-18(24)21-16-10-5-4-9-15(16)19-22-17(23-25-19)13-14-7-2-1-3-8-14/h1-5,7-10H,6,11-13H2,(H,21,24). The van der Waals surface area contributed by atoms with Crippen molar-refractivity contribution >= 4 is 23.2 Å². The second-order valence-electron chi connectivity index (χ2n) is 5.56. The Bertz CT molecular complexity index is 833. The van der Waals surface area contributed by atoms with E-state index in [0.717, 1.165) is 5.56 Å². The van der Waals surface area contributed by atoms with Crippen LogP contribution in [0.5, 0.6) is 0 Å². The predicted molar refractivity (Wildman–Crippen MR) is 97.6 cm³/mol. The van der Waals surface area contributed by atoms with E-state index < -0.39 is 0 Å². The van der Waals surface area contributed by atoms with E-state index in [4.69, 9.17) is 16.1 Å². The zero-order valence-electron chi connectivity index (χ0n) is 13.6. The first-order chi connectivity index (χ1) is 12.3. The van der Waals surface area contributed by atoms with Crippen molar-refractivity contribution in [1.82, 2.24) is 10.1 Å². The highest BCUT2D eigenvalue weighted by molar-refractivity contribution is 6.18. The summed E-state index contributed by atoms with van der Waals surface area (Å²) in [5.41, 5.74) is 2.46. The SMILES string of the molecule is O=C(CCCCl)Nc1ccccc1-c1nc(Cc2ccccc2)no1. The van der Waals surface area contributed by atoms with Crippen molar-refractivity contribution in [2.24, 2.45) is 0 Å². The van der Waals surface area contributed by atoms with Crippen molar-refractivity contribution in [3.63, 3.8) is 0 Å². The molecule has 1 amide bonds. The average molecular weight is 356 g/mol. The Labute approximate surface area is 151 Å². The van der Waals surface area contributed by atoms with Gasteiger partial charge in [0.05, 0.1) is 11.3 Å². The maximum absolute atomic E-state index is 12.0. The summed E-state index contributed by atoms with van der Waals surface area (Å²) in [7, 11) is 0. The second kappa shape index (κ2) is 8.44. The van der Waals surface area contributed by atoms with Gasteiger partial charge in [0.25, 0.3) is 5.89 Å². The van der Waals surface area contributed by atoms with Gasteiger partial charge in [-0.15, -0.1) is 11.6 Å². The maximum Gasteiger partial charge on any atom is 0.260 e. The minimum atomic E-state index is -0.0860. The summed E-state index contributed by atoms with van der Waals surface area (Å²) in [6, 6.07) is 17.3. The fraction of sp³-hybridized carbons (Fsp3) is 0.211. The molecule has 1 aromatic heterocycles. The molecule has 0 aliphatic carbocycles. The van der Waals surface area contributed by atoms with E-state index in [1.807, 2.05) is 54.6 Å². The number of nitrogens with one attached hydrogen (secondary N) is 1. The number of hydrogen-bond donors (Lipinski definition) is 1. The van der Waals surface area contributed by atoms with Gasteiger partial charge in [0.15, 0.2) is 5.82 Å². The van der Waals surface area contributed by atoms with Gasteiger partial charge in [-0.05, 0) is 24.1 Å². The Balaban J connectivity index is 1.77. The van der Waals surface area contributed by atoms with Crippen LogP contribution in [0.25, 0.3) is 11.5 Å². The van der Waals surface area contributed by atoms with Crippen molar-refractivity contribution in [1.29, 1.82) is 0 Å². The summed E-state index contributed by atoms with van der Waals surface area (Å²) in [4.78, 5) is 16.4. The Kier molecular flexibility index (Phi) is 5.80. The summed E-state index contributed by atoms with van der Waals surface area (Å²) >= 11 is 5.63.